The number of carbonyl (C=O) groups is 1. The van der Waals surface area contributed by atoms with E-state index in [1.165, 1.54) is 18.0 Å². The van der Waals surface area contributed by atoms with Gasteiger partial charge in [-0.2, -0.15) is 5.10 Å². The Kier molecular flexibility index (Phi) is 5.21. The van der Waals surface area contributed by atoms with Crippen molar-refractivity contribution in [3.63, 3.8) is 0 Å². The summed E-state index contributed by atoms with van der Waals surface area (Å²) in [6, 6.07) is 14.2. The molecule has 0 spiro atoms. The van der Waals surface area contributed by atoms with E-state index >= 15 is 0 Å². The van der Waals surface area contributed by atoms with Gasteiger partial charge in [0, 0.05) is 12.2 Å². The normalized spacial score (nSPS) is 15.2. The number of carbonyl (C=O) groups excluding carboxylic acids is 1. The van der Waals surface area contributed by atoms with Gasteiger partial charge in [-0.1, -0.05) is 59.2 Å². The Morgan fingerprint density at radius 3 is 2.77 bits per heavy atom. The Hall–Kier alpha value is -2.81. The lowest BCUT2D eigenvalue weighted by atomic mass is 10.2. The predicted molar refractivity (Wildman–Crippen MR) is 123 cm³/mol. The number of rotatable bonds is 4. The van der Waals surface area contributed by atoms with Crippen LogP contribution < -0.4 is 10.9 Å². The molecule has 156 valence electrons. The minimum absolute atomic E-state index is 0.114. The highest BCUT2D eigenvalue weighted by Gasteiger charge is 2.29. The average molecular weight is 472 g/mol. The Balaban J connectivity index is 1.45. The molecule has 0 bridgehead atoms. The van der Waals surface area contributed by atoms with Crippen LogP contribution in [0.5, 0.6) is 0 Å². The molecule has 3 heterocycles. The van der Waals surface area contributed by atoms with Gasteiger partial charge in [0.1, 0.15) is 5.39 Å². The molecular formula is C21H15Cl2N5O2S. The van der Waals surface area contributed by atoms with E-state index in [1.807, 2.05) is 30.3 Å². The second kappa shape index (κ2) is 8.03. The Labute approximate surface area is 191 Å². The first-order valence-electron chi connectivity index (χ1n) is 9.45. The van der Waals surface area contributed by atoms with Crippen LogP contribution in [-0.4, -0.2) is 31.0 Å². The molecule has 1 N–H and O–H groups in total. The predicted octanol–water partition coefficient (Wildman–Crippen LogP) is 4.56. The summed E-state index contributed by atoms with van der Waals surface area (Å²) in [4.78, 5) is 30.5. The van der Waals surface area contributed by atoms with Crippen molar-refractivity contribution >= 4 is 57.6 Å². The molecule has 5 rings (SSSR count). The van der Waals surface area contributed by atoms with Gasteiger partial charge in [-0.15, -0.1) is 0 Å². The van der Waals surface area contributed by atoms with E-state index in [2.05, 4.69) is 15.4 Å². The molecule has 4 aromatic rings. The fraction of sp³-hybridized carbons (Fsp3) is 0.143. The van der Waals surface area contributed by atoms with Crippen molar-refractivity contribution in [3.05, 3.63) is 75.1 Å². The van der Waals surface area contributed by atoms with Gasteiger partial charge in [0.05, 0.1) is 33.7 Å². The van der Waals surface area contributed by atoms with Gasteiger partial charge in [-0.3, -0.25) is 14.2 Å². The van der Waals surface area contributed by atoms with Crippen molar-refractivity contribution in [3.8, 4) is 5.69 Å². The molecule has 2 aromatic heterocycles. The fourth-order valence-corrected chi connectivity index (χ4v) is 5.03. The van der Waals surface area contributed by atoms with Gasteiger partial charge in [0.15, 0.2) is 10.8 Å². The zero-order valence-corrected chi connectivity index (χ0v) is 18.3. The molecular weight excluding hydrogens is 457 g/mol. The Morgan fingerprint density at radius 2 is 1.97 bits per heavy atom. The molecule has 1 atom stereocenters. The highest BCUT2D eigenvalue weighted by atomic mass is 35.5. The molecule has 31 heavy (non-hydrogen) atoms. The van der Waals surface area contributed by atoms with Crippen LogP contribution in [0.25, 0.3) is 16.7 Å². The molecule has 7 nitrogen and oxygen atoms in total. The summed E-state index contributed by atoms with van der Waals surface area (Å²) in [6.45, 7) is 0. The number of hydrogen-bond acceptors (Lipinski definition) is 5. The molecule has 1 unspecified atom stereocenters. The van der Waals surface area contributed by atoms with E-state index < -0.39 is 0 Å². The van der Waals surface area contributed by atoms with Crippen molar-refractivity contribution in [2.75, 3.05) is 11.1 Å². The lowest BCUT2D eigenvalue weighted by Crippen LogP contribution is -2.27. The van der Waals surface area contributed by atoms with Crippen LogP contribution in [0, 0.1) is 0 Å². The van der Waals surface area contributed by atoms with Gasteiger partial charge < -0.3 is 5.32 Å². The summed E-state index contributed by atoms with van der Waals surface area (Å²) in [6.07, 6.45) is 1.64. The molecule has 1 aliphatic rings. The number of thioether (sulfide) groups is 1. The van der Waals surface area contributed by atoms with Gasteiger partial charge in [0.25, 0.3) is 5.56 Å². The third-order valence-electron chi connectivity index (χ3n) is 5.02. The molecule has 0 saturated carbocycles. The molecule has 0 radical (unpaired) electrons. The van der Waals surface area contributed by atoms with Crippen LogP contribution in [0.1, 0.15) is 12.5 Å². The van der Waals surface area contributed by atoms with Crippen LogP contribution in [-0.2, 0) is 4.79 Å². The molecule has 0 saturated heterocycles. The van der Waals surface area contributed by atoms with Crippen LogP contribution in [0.4, 0.5) is 5.69 Å². The number of fused-ring (bicyclic) bond motifs is 2. The number of amides is 1. The molecule has 0 fully saturated rings. The van der Waals surface area contributed by atoms with E-state index in [9.17, 15) is 9.59 Å². The molecule has 1 amide bonds. The van der Waals surface area contributed by atoms with Crippen molar-refractivity contribution in [2.45, 2.75) is 17.6 Å². The van der Waals surface area contributed by atoms with Gasteiger partial charge in [-0.05, 0) is 24.3 Å². The summed E-state index contributed by atoms with van der Waals surface area (Å²) in [5.41, 5.74) is 1.57. The van der Waals surface area contributed by atoms with Crippen LogP contribution in [0.3, 0.4) is 0 Å². The van der Waals surface area contributed by atoms with Crippen LogP contribution >= 0.6 is 35.0 Å². The lowest BCUT2D eigenvalue weighted by molar-refractivity contribution is -0.116. The second-order valence-electron chi connectivity index (χ2n) is 7.02. The summed E-state index contributed by atoms with van der Waals surface area (Å²) < 4.78 is 3.24. The van der Waals surface area contributed by atoms with Crippen molar-refractivity contribution in [1.82, 2.24) is 19.3 Å². The molecule has 1 aliphatic heterocycles. The molecule has 2 aromatic carbocycles. The monoisotopic (exact) mass is 471 g/mol. The van der Waals surface area contributed by atoms with Crippen molar-refractivity contribution in [2.24, 2.45) is 0 Å². The zero-order valence-electron chi connectivity index (χ0n) is 16.0. The van der Waals surface area contributed by atoms with Crippen LogP contribution in [0.2, 0.25) is 10.0 Å². The number of para-hydroxylation sites is 1. The van der Waals surface area contributed by atoms with Gasteiger partial charge in [0.2, 0.25) is 5.91 Å². The quantitative estimate of drug-likeness (QED) is 0.441. The Bertz CT molecular complexity index is 1370. The molecule has 0 aliphatic carbocycles. The summed E-state index contributed by atoms with van der Waals surface area (Å²) in [7, 11) is 0. The van der Waals surface area contributed by atoms with E-state index in [-0.39, 0.29) is 29.0 Å². The molecule has 10 heteroatoms. The maximum atomic E-state index is 13.2. The third kappa shape index (κ3) is 3.60. The van der Waals surface area contributed by atoms with E-state index in [0.717, 1.165) is 5.69 Å². The first kappa shape index (κ1) is 20.1. The van der Waals surface area contributed by atoms with Crippen LogP contribution in [0.15, 0.2) is 64.7 Å². The van der Waals surface area contributed by atoms with E-state index in [0.29, 0.717) is 32.7 Å². The maximum absolute atomic E-state index is 13.2. The number of nitrogens with zero attached hydrogens (tertiary/aromatic N) is 4. The smallest absolute Gasteiger partial charge is 0.265 e. The SMILES string of the molecule is O=C(CC1CSc2nc3c(cnn3-c3ccccc3)c(=O)n21)Nc1cccc(Cl)c1Cl. The topological polar surface area (TPSA) is 81.8 Å². The number of anilines is 1. The van der Waals surface area contributed by atoms with Gasteiger partial charge in [-0.25, -0.2) is 9.67 Å². The first-order chi connectivity index (χ1) is 15.0. The number of halogens is 2. The van der Waals surface area contributed by atoms with E-state index in [1.54, 1.807) is 27.4 Å². The van der Waals surface area contributed by atoms with Crippen molar-refractivity contribution in [1.29, 1.82) is 0 Å². The second-order valence-corrected chi connectivity index (χ2v) is 8.79. The van der Waals surface area contributed by atoms with Gasteiger partial charge >= 0.3 is 0 Å². The van der Waals surface area contributed by atoms with E-state index in [4.69, 9.17) is 23.2 Å². The number of nitrogens with one attached hydrogen (secondary N) is 1. The highest BCUT2D eigenvalue weighted by molar-refractivity contribution is 7.99. The number of aromatic nitrogens is 4. The standard InChI is InChI=1S/C21H15Cl2N5O2S/c22-15-7-4-8-16(18(15)23)25-17(29)9-13-11-31-21-26-19-14(20(30)27(13)21)10-24-28(19)12-5-2-1-3-6-12/h1-8,10,13H,9,11H2,(H,25,29). The highest BCUT2D eigenvalue weighted by Crippen LogP contribution is 2.34. The lowest BCUT2D eigenvalue weighted by Gasteiger charge is -2.14. The average Bonchev–Trinajstić information content (AvgIpc) is 3.37. The third-order valence-corrected chi connectivity index (χ3v) is 6.93. The number of benzene rings is 2. The summed E-state index contributed by atoms with van der Waals surface area (Å²) in [5, 5.41) is 8.76. The summed E-state index contributed by atoms with van der Waals surface area (Å²) in [5.74, 6) is 0.319. The fourth-order valence-electron chi connectivity index (χ4n) is 3.55. The first-order valence-corrected chi connectivity index (χ1v) is 11.2. The zero-order chi connectivity index (χ0) is 21.5. The minimum atomic E-state index is -0.317. The van der Waals surface area contributed by atoms with Crippen molar-refractivity contribution < 1.29 is 4.79 Å². The largest absolute Gasteiger partial charge is 0.325 e. The Morgan fingerprint density at radius 1 is 1.16 bits per heavy atom. The number of hydrogen-bond donors (Lipinski definition) is 1. The summed E-state index contributed by atoms with van der Waals surface area (Å²) >= 11 is 13.6. The maximum Gasteiger partial charge on any atom is 0.265 e. The minimum Gasteiger partial charge on any atom is -0.325 e.